The van der Waals surface area contributed by atoms with Gasteiger partial charge in [0.25, 0.3) is 11.8 Å². The van der Waals surface area contributed by atoms with Gasteiger partial charge >= 0.3 is 12.0 Å². The number of nitrogens with one attached hydrogen (secondary N) is 1. The van der Waals surface area contributed by atoms with Gasteiger partial charge in [-0.3, -0.25) is 14.9 Å². The molecule has 0 saturated carbocycles. The van der Waals surface area contributed by atoms with Crippen LogP contribution in [0.2, 0.25) is 0 Å². The van der Waals surface area contributed by atoms with E-state index in [0.29, 0.717) is 12.0 Å². The van der Waals surface area contributed by atoms with Crippen LogP contribution in [0.4, 0.5) is 10.5 Å². The van der Waals surface area contributed by atoms with Crippen molar-refractivity contribution >= 4 is 51.5 Å². The lowest BCUT2D eigenvalue weighted by Gasteiger charge is -2.26. The molecule has 0 spiro atoms. The number of halogens is 1. The molecule has 35 heavy (non-hydrogen) atoms. The van der Waals surface area contributed by atoms with Crippen LogP contribution in [0.25, 0.3) is 6.08 Å². The molecule has 4 amide bonds. The van der Waals surface area contributed by atoms with Gasteiger partial charge in [0.1, 0.15) is 5.57 Å². The Morgan fingerprint density at radius 1 is 0.943 bits per heavy atom. The predicted molar refractivity (Wildman–Crippen MR) is 135 cm³/mol. The van der Waals surface area contributed by atoms with Gasteiger partial charge in [0.15, 0.2) is 0 Å². The summed E-state index contributed by atoms with van der Waals surface area (Å²) in [6.07, 6.45) is 2.07. The Morgan fingerprint density at radius 2 is 1.60 bits per heavy atom. The molecule has 1 N–H and O–H groups in total. The molecule has 4 rings (SSSR count). The first-order valence-electron chi connectivity index (χ1n) is 10.9. The summed E-state index contributed by atoms with van der Waals surface area (Å²) in [5.41, 5.74) is 2.99. The first-order chi connectivity index (χ1) is 16.9. The lowest BCUT2D eigenvalue weighted by atomic mass is 9.97. The number of ether oxygens (including phenoxy) is 1. The summed E-state index contributed by atoms with van der Waals surface area (Å²) in [6.45, 7) is 1.93. The molecule has 7 nitrogen and oxygen atoms in total. The average Bonchev–Trinajstić information content (AvgIpc) is 2.84. The molecule has 8 heteroatoms. The quantitative estimate of drug-likeness (QED) is 0.277. The van der Waals surface area contributed by atoms with Crippen molar-refractivity contribution in [3.63, 3.8) is 0 Å². The molecular weight excluding hydrogens is 512 g/mol. The summed E-state index contributed by atoms with van der Waals surface area (Å²) in [7, 11) is 0. The van der Waals surface area contributed by atoms with E-state index in [2.05, 4.69) is 21.2 Å². The molecule has 3 aromatic carbocycles. The van der Waals surface area contributed by atoms with Gasteiger partial charge in [-0.25, -0.2) is 14.5 Å². The number of carbonyl (C=O) groups is 4. The molecule has 1 saturated heterocycles. The number of amides is 4. The molecular formula is C27H21BrN2O5. The minimum atomic E-state index is -0.859. The maximum absolute atomic E-state index is 13.3. The normalized spacial score (nSPS) is 14.7. The summed E-state index contributed by atoms with van der Waals surface area (Å²) >= 11 is 3.55. The topological polar surface area (TPSA) is 92.8 Å². The molecule has 1 aliphatic rings. The number of barbiturate groups is 1. The van der Waals surface area contributed by atoms with Gasteiger partial charge in [0.05, 0.1) is 17.9 Å². The minimum Gasteiger partial charge on any atom is -0.462 e. The van der Waals surface area contributed by atoms with Crippen molar-refractivity contribution in [2.45, 2.75) is 13.3 Å². The number of hydrogen-bond donors (Lipinski definition) is 1. The fourth-order valence-corrected chi connectivity index (χ4v) is 4.12. The number of hydrogen-bond acceptors (Lipinski definition) is 5. The molecule has 0 unspecified atom stereocenters. The Bertz CT molecular complexity index is 1350. The van der Waals surface area contributed by atoms with Gasteiger partial charge in [0.2, 0.25) is 0 Å². The lowest BCUT2D eigenvalue weighted by molar-refractivity contribution is -0.122. The molecule has 0 bridgehead atoms. The molecule has 0 atom stereocenters. The number of nitrogens with zero attached hydrogens (tertiary/aromatic N) is 1. The van der Waals surface area contributed by atoms with Crippen molar-refractivity contribution in [3.8, 4) is 0 Å². The molecule has 3 aromatic rings. The highest BCUT2D eigenvalue weighted by Crippen LogP contribution is 2.26. The third-order valence-electron chi connectivity index (χ3n) is 5.43. The maximum atomic E-state index is 13.3. The van der Waals surface area contributed by atoms with E-state index < -0.39 is 23.8 Å². The number of urea groups is 1. The first-order valence-corrected chi connectivity index (χ1v) is 11.7. The third kappa shape index (κ3) is 5.22. The van der Waals surface area contributed by atoms with Gasteiger partial charge in [-0.2, -0.15) is 0 Å². The standard InChI is InChI=1S/C27H21BrN2O5/c1-2-35-26(33)17-11-13-21(14-12-17)30-25(32)22(24(31)29-27(30)34)16-19-8-4-3-7-18(19)15-20-9-5-6-10-23(20)28/h3-14,16H,2,15H2,1H3,(H,29,31,34)/b22-16+. The lowest BCUT2D eigenvalue weighted by Crippen LogP contribution is -2.54. The smallest absolute Gasteiger partial charge is 0.338 e. The predicted octanol–water partition coefficient (Wildman–Crippen LogP) is 4.88. The minimum absolute atomic E-state index is 0.168. The van der Waals surface area contributed by atoms with E-state index in [4.69, 9.17) is 4.74 Å². The Balaban J connectivity index is 1.66. The van der Waals surface area contributed by atoms with Crippen LogP contribution in [-0.2, 0) is 20.7 Å². The Labute approximate surface area is 210 Å². The zero-order chi connectivity index (χ0) is 24.9. The molecule has 0 radical (unpaired) electrons. The van der Waals surface area contributed by atoms with Crippen molar-refractivity contribution in [2.75, 3.05) is 11.5 Å². The van der Waals surface area contributed by atoms with E-state index in [0.717, 1.165) is 20.5 Å². The van der Waals surface area contributed by atoms with E-state index in [1.807, 2.05) is 48.5 Å². The number of imide groups is 2. The molecule has 1 aliphatic heterocycles. The van der Waals surface area contributed by atoms with Gasteiger partial charge in [0, 0.05) is 4.47 Å². The number of esters is 1. The van der Waals surface area contributed by atoms with Crippen molar-refractivity contribution in [3.05, 3.63) is 105 Å². The van der Waals surface area contributed by atoms with Crippen LogP contribution in [0, 0.1) is 0 Å². The molecule has 0 aliphatic carbocycles. The summed E-state index contributed by atoms with van der Waals surface area (Å²) < 4.78 is 5.91. The number of rotatable bonds is 6. The van der Waals surface area contributed by atoms with Crippen molar-refractivity contribution < 1.29 is 23.9 Å². The monoisotopic (exact) mass is 532 g/mol. The van der Waals surface area contributed by atoms with Crippen molar-refractivity contribution in [1.29, 1.82) is 0 Å². The molecule has 1 fully saturated rings. The van der Waals surface area contributed by atoms with Crippen LogP contribution in [0.5, 0.6) is 0 Å². The van der Waals surface area contributed by atoms with E-state index in [1.165, 1.54) is 30.3 Å². The number of anilines is 1. The third-order valence-corrected chi connectivity index (χ3v) is 6.21. The van der Waals surface area contributed by atoms with Crippen molar-refractivity contribution in [1.82, 2.24) is 5.32 Å². The van der Waals surface area contributed by atoms with Gasteiger partial charge in [-0.15, -0.1) is 0 Å². The fraction of sp³-hybridized carbons (Fsp3) is 0.111. The molecule has 176 valence electrons. The van der Waals surface area contributed by atoms with Crippen LogP contribution in [0.3, 0.4) is 0 Å². The highest BCUT2D eigenvalue weighted by atomic mass is 79.9. The summed E-state index contributed by atoms with van der Waals surface area (Å²) in [6, 6.07) is 20.2. The van der Waals surface area contributed by atoms with Crippen molar-refractivity contribution in [2.24, 2.45) is 0 Å². The van der Waals surface area contributed by atoms with Gasteiger partial charge in [-0.05, 0) is 66.4 Å². The Morgan fingerprint density at radius 3 is 2.29 bits per heavy atom. The molecule has 0 aromatic heterocycles. The van der Waals surface area contributed by atoms with E-state index in [9.17, 15) is 19.2 Å². The average molecular weight is 533 g/mol. The second-order valence-electron chi connectivity index (χ2n) is 7.69. The SMILES string of the molecule is CCOC(=O)c1ccc(N2C(=O)NC(=O)/C(=C\c3ccccc3Cc3ccccc3Br)C2=O)cc1. The van der Waals surface area contributed by atoms with Crippen LogP contribution in [0.1, 0.15) is 34.0 Å². The zero-order valence-corrected chi connectivity index (χ0v) is 20.4. The summed E-state index contributed by atoms with van der Waals surface area (Å²) in [4.78, 5) is 51.2. The van der Waals surface area contributed by atoms with Crippen LogP contribution in [0.15, 0.2) is 82.8 Å². The van der Waals surface area contributed by atoms with Crippen LogP contribution >= 0.6 is 15.9 Å². The second kappa shape index (κ2) is 10.5. The summed E-state index contributed by atoms with van der Waals surface area (Å²) in [5, 5.41) is 2.22. The van der Waals surface area contributed by atoms with Gasteiger partial charge < -0.3 is 4.74 Å². The fourth-order valence-electron chi connectivity index (χ4n) is 3.69. The van der Waals surface area contributed by atoms with E-state index >= 15 is 0 Å². The largest absolute Gasteiger partial charge is 0.462 e. The van der Waals surface area contributed by atoms with E-state index in [-0.39, 0.29) is 23.4 Å². The number of benzene rings is 3. The second-order valence-corrected chi connectivity index (χ2v) is 8.55. The Hall–Kier alpha value is -4.04. The summed E-state index contributed by atoms with van der Waals surface area (Å²) in [5.74, 6) is -2.03. The van der Waals surface area contributed by atoms with Crippen LogP contribution in [-0.4, -0.2) is 30.4 Å². The number of carbonyl (C=O) groups excluding carboxylic acids is 4. The highest BCUT2D eigenvalue weighted by Gasteiger charge is 2.37. The highest BCUT2D eigenvalue weighted by molar-refractivity contribution is 9.10. The zero-order valence-electron chi connectivity index (χ0n) is 18.8. The van der Waals surface area contributed by atoms with Gasteiger partial charge in [-0.1, -0.05) is 58.4 Å². The Kier molecular flexibility index (Phi) is 7.22. The maximum Gasteiger partial charge on any atom is 0.338 e. The molecule has 1 heterocycles. The van der Waals surface area contributed by atoms with E-state index in [1.54, 1.807) is 6.92 Å². The first kappa shape index (κ1) is 24.1. The van der Waals surface area contributed by atoms with Crippen LogP contribution < -0.4 is 10.2 Å².